The number of unbranched alkanes of at least 4 members (excludes halogenated alkanes) is 1. The normalized spacial score (nSPS) is 15.3. The number of hydrogen-bond donors (Lipinski definition) is 2. The number of hydrogen-bond acceptors (Lipinski definition) is 7. The van der Waals surface area contributed by atoms with Crippen molar-refractivity contribution in [3.05, 3.63) is 59.4 Å². The number of esters is 1. The van der Waals surface area contributed by atoms with Crippen LogP contribution in [0, 0.1) is 29.2 Å². The van der Waals surface area contributed by atoms with Gasteiger partial charge in [0.25, 0.3) is 5.91 Å². The largest absolute Gasteiger partial charge is 0.485 e. The van der Waals surface area contributed by atoms with Crippen molar-refractivity contribution in [1.29, 1.82) is 0 Å². The molecule has 1 fully saturated rings. The first-order chi connectivity index (χ1) is 19.1. The highest BCUT2D eigenvalue weighted by Gasteiger charge is 2.32. The number of aromatic nitrogens is 1. The Bertz CT molecular complexity index is 1150. The molecule has 0 radical (unpaired) electrons. The Balaban J connectivity index is 1.64. The molecule has 1 aliphatic heterocycles. The third-order valence-corrected chi connectivity index (χ3v) is 6.49. The highest BCUT2D eigenvalue weighted by molar-refractivity contribution is 5.94. The van der Waals surface area contributed by atoms with Crippen LogP contribution < -0.4 is 10.1 Å². The molecule has 2 aromatic rings. The number of rotatable bonds is 12. The predicted octanol–water partition coefficient (Wildman–Crippen LogP) is 3.15. The van der Waals surface area contributed by atoms with Crippen molar-refractivity contribution in [2.75, 3.05) is 26.3 Å². The average molecular weight is 570 g/mol. The van der Waals surface area contributed by atoms with Crippen LogP contribution in [0.15, 0.2) is 30.6 Å². The van der Waals surface area contributed by atoms with E-state index in [1.165, 1.54) is 12.4 Å². The summed E-state index contributed by atoms with van der Waals surface area (Å²) in [4.78, 5) is 43.5. The minimum absolute atomic E-state index is 0.0131. The molecule has 0 saturated carbocycles. The zero-order valence-electron chi connectivity index (χ0n) is 21.9. The maximum atomic E-state index is 14.0. The summed E-state index contributed by atoms with van der Waals surface area (Å²) < 4.78 is 64.9. The number of amides is 2. The molecule has 1 aromatic carbocycles. The zero-order valence-corrected chi connectivity index (χ0v) is 21.9. The lowest BCUT2D eigenvalue weighted by atomic mass is 9.94. The van der Waals surface area contributed by atoms with Crippen LogP contribution >= 0.6 is 0 Å². The highest BCUT2D eigenvalue weighted by Crippen LogP contribution is 2.27. The van der Waals surface area contributed by atoms with Gasteiger partial charge in [0.2, 0.25) is 17.5 Å². The van der Waals surface area contributed by atoms with Gasteiger partial charge in [-0.2, -0.15) is 8.78 Å². The quantitative estimate of drug-likeness (QED) is 0.175. The lowest BCUT2D eigenvalue weighted by molar-refractivity contribution is -0.145. The van der Waals surface area contributed by atoms with Crippen molar-refractivity contribution in [1.82, 2.24) is 15.2 Å². The summed E-state index contributed by atoms with van der Waals surface area (Å²) in [6.45, 7) is 1.69. The Labute approximate surface area is 228 Å². The van der Waals surface area contributed by atoms with Crippen molar-refractivity contribution in [3.8, 4) is 5.75 Å². The number of aliphatic hydroxyl groups is 1. The van der Waals surface area contributed by atoms with E-state index in [0.717, 1.165) is 6.42 Å². The fraction of sp³-hybridized carbons (Fsp3) is 0.481. The number of nitrogens with zero attached hydrogens (tertiary/aromatic N) is 2. The Morgan fingerprint density at radius 1 is 1.10 bits per heavy atom. The number of carbonyl (C=O) groups excluding carboxylic acids is 3. The molecule has 1 saturated heterocycles. The van der Waals surface area contributed by atoms with Crippen LogP contribution in [0.3, 0.4) is 0 Å². The number of piperidine rings is 1. The Hall–Kier alpha value is -3.74. The molecule has 2 amide bonds. The van der Waals surface area contributed by atoms with Crippen LogP contribution in [-0.2, 0) is 14.3 Å². The van der Waals surface area contributed by atoms with Crippen molar-refractivity contribution in [2.45, 2.75) is 51.2 Å². The summed E-state index contributed by atoms with van der Waals surface area (Å²) in [7, 11) is 0. The number of halogens is 4. The maximum Gasteiger partial charge on any atom is 0.307 e. The summed E-state index contributed by atoms with van der Waals surface area (Å²) in [5, 5.41) is 13.2. The van der Waals surface area contributed by atoms with E-state index in [4.69, 9.17) is 9.47 Å². The molecule has 2 atom stereocenters. The van der Waals surface area contributed by atoms with Crippen molar-refractivity contribution < 1.29 is 46.5 Å². The molecule has 2 N–H and O–H groups in total. The number of aliphatic hydroxyl groups excluding tert-OH is 1. The van der Waals surface area contributed by atoms with E-state index in [-0.39, 0.29) is 18.6 Å². The summed E-state index contributed by atoms with van der Waals surface area (Å²) in [5.74, 6) is -10.4. The molecule has 1 aliphatic rings. The minimum Gasteiger partial charge on any atom is -0.485 e. The number of benzene rings is 1. The summed E-state index contributed by atoms with van der Waals surface area (Å²) in [5.41, 5.74) is 0.466. The highest BCUT2D eigenvalue weighted by atomic mass is 19.2. The predicted molar refractivity (Wildman–Crippen MR) is 133 cm³/mol. The van der Waals surface area contributed by atoms with Gasteiger partial charge >= 0.3 is 5.97 Å². The number of carbonyl (C=O) groups is 3. The van der Waals surface area contributed by atoms with Crippen molar-refractivity contribution in [2.24, 2.45) is 5.92 Å². The minimum atomic E-state index is -1.79. The molecule has 218 valence electrons. The van der Waals surface area contributed by atoms with Crippen LogP contribution in [0.5, 0.6) is 5.75 Å². The van der Waals surface area contributed by atoms with E-state index in [0.29, 0.717) is 37.9 Å². The first-order valence-corrected chi connectivity index (χ1v) is 12.9. The summed E-state index contributed by atoms with van der Waals surface area (Å²) in [6, 6.07) is 1.89. The Morgan fingerprint density at radius 3 is 2.33 bits per heavy atom. The smallest absolute Gasteiger partial charge is 0.307 e. The van der Waals surface area contributed by atoms with Crippen LogP contribution in [-0.4, -0.2) is 71.2 Å². The third kappa shape index (κ3) is 8.13. The van der Waals surface area contributed by atoms with Crippen molar-refractivity contribution in [3.63, 3.8) is 0 Å². The summed E-state index contributed by atoms with van der Waals surface area (Å²) >= 11 is 0. The van der Waals surface area contributed by atoms with E-state index in [1.807, 2.05) is 6.92 Å². The molecular weight excluding hydrogens is 538 g/mol. The molecular formula is C27H31F4N3O6. The second kappa shape index (κ2) is 14.6. The monoisotopic (exact) mass is 569 g/mol. The Kier molecular flexibility index (Phi) is 11.2. The van der Waals surface area contributed by atoms with Gasteiger partial charge < -0.3 is 24.8 Å². The zero-order chi connectivity index (χ0) is 29.2. The van der Waals surface area contributed by atoms with Gasteiger partial charge in [-0.1, -0.05) is 13.3 Å². The topological polar surface area (TPSA) is 118 Å². The van der Waals surface area contributed by atoms with E-state index in [2.05, 4.69) is 10.3 Å². The van der Waals surface area contributed by atoms with Crippen LogP contribution in [0.25, 0.3) is 0 Å². The molecule has 0 aliphatic carbocycles. The van der Waals surface area contributed by atoms with Gasteiger partial charge in [0.05, 0.1) is 19.1 Å². The molecule has 0 bridgehead atoms. The SMILES string of the molecule is CCCCOC(=O)C[C@H](NC(=O)C1CCN(C(=O)c2ccncc2)CC1)C(O)COc1c(F)c(F)cc(F)c1F. The van der Waals surface area contributed by atoms with Gasteiger partial charge in [0, 0.05) is 43.0 Å². The first kappa shape index (κ1) is 30.8. The van der Waals surface area contributed by atoms with E-state index >= 15 is 0 Å². The van der Waals surface area contributed by atoms with Gasteiger partial charge in [0.15, 0.2) is 17.4 Å². The lowest BCUT2D eigenvalue weighted by Gasteiger charge is -2.33. The Morgan fingerprint density at radius 2 is 1.73 bits per heavy atom. The molecule has 0 spiro atoms. The summed E-state index contributed by atoms with van der Waals surface area (Å²) in [6.07, 6.45) is 2.77. The molecule has 2 heterocycles. The van der Waals surface area contributed by atoms with E-state index in [1.54, 1.807) is 17.0 Å². The standard InChI is InChI=1S/C27H31F4N3O6/c1-2-3-12-39-22(36)14-20(21(35)15-40-25-23(30)18(28)13-19(29)24(25)31)33-26(37)16-6-10-34(11-7-16)27(38)17-4-8-32-9-5-17/h4-5,8-9,13,16,20-21,35H,2-3,6-7,10-12,14-15H2,1H3,(H,33,37)/t20-,21?/m0/s1. The maximum absolute atomic E-state index is 14.0. The van der Waals surface area contributed by atoms with E-state index < -0.39 is 72.0 Å². The van der Waals surface area contributed by atoms with Gasteiger partial charge in [0.1, 0.15) is 12.7 Å². The molecule has 3 rings (SSSR count). The molecule has 1 aromatic heterocycles. The number of likely N-dealkylation sites (tertiary alicyclic amines) is 1. The van der Waals surface area contributed by atoms with Gasteiger partial charge in [-0.3, -0.25) is 19.4 Å². The molecule has 40 heavy (non-hydrogen) atoms. The fourth-order valence-corrected chi connectivity index (χ4v) is 4.14. The number of nitrogens with one attached hydrogen (secondary N) is 1. The third-order valence-electron chi connectivity index (χ3n) is 6.49. The lowest BCUT2D eigenvalue weighted by Crippen LogP contribution is -2.51. The fourth-order valence-electron chi connectivity index (χ4n) is 4.14. The second-order valence-corrected chi connectivity index (χ2v) is 9.37. The van der Waals surface area contributed by atoms with Crippen LogP contribution in [0.1, 0.15) is 49.4 Å². The average Bonchev–Trinajstić information content (AvgIpc) is 2.96. The number of pyridine rings is 1. The molecule has 13 heteroatoms. The molecule has 1 unspecified atom stereocenters. The van der Waals surface area contributed by atoms with Crippen molar-refractivity contribution >= 4 is 17.8 Å². The van der Waals surface area contributed by atoms with E-state index in [9.17, 15) is 37.1 Å². The van der Waals surface area contributed by atoms with Crippen LogP contribution in [0.4, 0.5) is 17.6 Å². The number of ether oxygens (including phenoxy) is 2. The van der Waals surface area contributed by atoms with Gasteiger partial charge in [-0.15, -0.1) is 0 Å². The van der Waals surface area contributed by atoms with Crippen LogP contribution in [0.2, 0.25) is 0 Å². The second-order valence-electron chi connectivity index (χ2n) is 9.37. The first-order valence-electron chi connectivity index (χ1n) is 12.9. The van der Waals surface area contributed by atoms with Gasteiger partial charge in [-0.25, -0.2) is 8.78 Å². The molecule has 9 nitrogen and oxygen atoms in total. The van der Waals surface area contributed by atoms with Gasteiger partial charge in [-0.05, 0) is 31.4 Å².